The second kappa shape index (κ2) is 4.24. The molecule has 0 aromatic carbocycles. The first-order valence-electron chi connectivity index (χ1n) is 6.48. The van der Waals surface area contributed by atoms with Gasteiger partial charge in [-0.25, -0.2) is 0 Å². The maximum Gasteiger partial charge on any atom is 0.0764 e. The van der Waals surface area contributed by atoms with Gasteiger partial charge in [-0.05, 0) is 43.6 Å². The van der Waals surface area contributed by atoms with Crippen LogP contribution < -0.4 is 0 Å². The van der Waals surface area contributed by atoms with Gasteiger partial charge in [0, 0.05) is 10.2 Å². The Balaban J connectivity index is 2.43. The van der Waals surface area contributed by atoms with Crippen LogP contribution >= 0.6 is 15.9 Å². The topological polar surface area (TPSA) is 20.2 Å². The Hall–Kier alpha value is -0.0800. The van der Waals surface area contributed by atoms with Crippen LogP contribution in [-0.2, 0) is 0 Å². The summed E-state index contributed by atoms with van der Waals surface area (Å²) in [5.74, 6) is 0. The Morgan fingerprint density at radius 3 is 2.65 bits per heavy atom. The number of hydrogen-bond acceptors (Lipinski definition) is 1. The van der Waals surface area contributed by atoms with E-state index in [0.29, 0.717) is 4.83 Å². The minimum atomic E-state index is -0.348. The molecule has 0 heterocycles. The third kappa shape index (κ3) is 1.84. The van der Waals surface area contributed by atoms with E-state index >= 15 is 0 Å². The first-order chi connectivity index (χ1) is 7.81. The highest BCUT2D eigenvalue weighted by Gasteiger charge is 2.55. The van der Waals surface area contributed by atoms with E-state index in [-0.39, 0.29) is 16.9 Å². The van der Waals surface area contributed by atoms with Crippen LogP contribution in [0.1, 0.15) is 46.5 Å². The standard InChI is InChI=1S/C15H23BrO/c1-10-5-7-15(8-6-10)11(2)12(17)9-13(16)14(15,3)4/h5,12-13,17H,2,6-9H2,1,3-4H3. The molecule has 0 radical (unpaired) electrons. The van der Waals surface area contributed by atoms with Crippen LogP contribution in [0.25, 0.3) is 0 Å². The highest BCUT2D eigenvalue weighted by atomic mass is 79.9. The maximum absolute atomic E-state index is 10.2. The van der Waals surface area contributed by atoms with Crippen molar-refractivity contribution < 1.29 is 5.11 Å². The molecule has 3 atom stereocenters. The van der Waals surface area contributed by atoms with Crippen LogP contribution in [-0.4, -0.2) is 16.0 Å². The highest BCUT2D eigenvalue weighted by molar-refractivity contribution is 9.09. The van der Waals surface area contributed by atoms with E-state index in [2.05, 4.69) is 49.4 Å². The summed E-state index contributed by atoms with van der Waals surface area (Å²) in [5, 5.41) is 10.2. The SMILES string of the molecule is C=C1C(O)CC(Br)C(C)(C)C12CC=C(C)CC2. The van der Waals surface area contributed by atoms with E-state index < -0.39 is 0 Å². The third-order valence-corrected chi connectivity index (χ3v) is 6.73. The van der Waals surface area contributed by atoms with E-state index in [9.17, 15) is 5.11 Å². The number of aliphatic hydroxyl groups excluding tert-OH is 1. The Labute approximate surface area is 113 Å². The lowest BCUT2D eigenvalue weighted by Crippen LogP contribution is -2.53. The summed E-state index contributed by atoms with van der Waals surface area (Å²) < 4.78 is 0. The molecule has 2 aliphatic rings. The molecular weight excluding hydrogens is 276 g/mol. The predicted molar refractivity (Wildman–Crippen MR) is 76.3 cm³/mol. The summed E-state index contributed by atoms with van der Waals surface area (Å²) >= 11 is 3.78. The molecule has 1 N–H and O–H groups in total. The smallest absolute Gasteiger partial charge is 0.0764 e. The van der Waals surface area contributed by atoms with Crippen LogP contribution in [0.15, 0.2) is 23.8 Å². The zero-order valence-corrected chi connectivity index (χ0v) is 12.7. The van der Waals surface area contributed by atoms with Crippen molar-refractivity contribution >= 4 is 15.9 Å². The van der Waals surface area contributed by atoms with Gasteiger partial charge in [0.1, 0.15) is 0 Å². The highest BCUT2D eigenvalue weighted by Crippen LogP contribution is 2.61. The molecular formula is C15H23BrO. The summed E-state index contributed by atoms with van der Waals surface area (Å²) in [6, 6.07) is 0. The van der Waals surface area contributed by atoms with Crippen LogP contribution in [0.3, 0.4) is 0 Å². The van der Waals surface area contributed by atoms with Gasteiger partial charge in [-0.2, -0.15) is 0 Å². The van der Waals surface area contributed by atoms with E-state index in [0.717, 1.165) is 31.3 Å². The van der Waals surface area contributed by atoms with Crippen molar-refractivity contribution in [2.75, 3.05) is 0 Å². The second-order valence-corrected chi connectivity index (χ2v) is 7.41. The summed E-state index contributed by atoms with van der Waals surface area (Å²) in [7, 11) is 0. The summed E-state index contributed by atoms with van der Waals surface area (Å²) in [5.41, 5.74) is 2.76. The molecule has 0 saturated heterocycles. The molecule has 96 valence electrons. The van der Waals surface area contributed by atoms with Crippen LogP contribution in [0.4, 0.5) is 0 Å². The quantitative estimate of drug-likeness (QED) is 0.524. The Bertz CT molecular complexity index is 369. The predicted octanol–water partition coefficient (Wildman–Crippen LogP) is 4.21. The lowest BCUT2D eigenvalue weighted by molar-refractivity contribution is 0.0133. The van der Waals surface area contributed by atoms with Crippen molar-refractivity contribution in [2.45, 2.75) is 57.4 Å². The van der Waals surface area contributed by atoms with Crippen LogP contribution in [0.2, 0.25) is 0 Å². The Kier molecular flexibility index (Phi) is 3.33. The Morgan fingerprint density at radius 1 is 1.47 bits per heavy atom. The average molecular weight is 299 g/mol. The maximum atomic E-state index is 10.2. The molecule has 3 unspecified atom stereocenters. The minimum Gasteiger partial charge on any atom is -0.389 e. The molecule has 0 aromatic rings. The number of hydrogen-bond donors (Lipinski definition) is 1. The number of allylic oxidation sites excluding steroid dienone is 2. The zero-order chi connectivity index (χ0) is 12.8. The van der Waals surface area contributed by atoms with Crippen molar-refractivity contribution in [2.24, 2.45) is 10.8 Å². The molecule has 17 heavy (non-hydrogen) atoms. The number of rotatable bonds is 0. The number of halogens is 1. The number of aliphatic hydroxyl groups is 1. The van der Waals surface area contributed by atoms with E-state index in [1.807, 2.05) is 0 Å². The summed E-state index contributed by atoms with van der Waals surface area (Å²) in [6.07, 6.45) is 6.07. The van der Waals surface area contributed by atoms with Gasteiger partial charge in [0.25, 0.3) is 0 Å². The van der Waals surface area contributed by atoms with Crippen LogP contribution in [0, 0.1) is 10.8 Å². The van der Waals surface area contributed by atoms with Gasteiger partial charge in [0.2, 0.25) is 0 Å². The lowest BCUT2D eigenvalue weighted by atomic mass is 9.50. The van der Waals surface area contributed by atoms with E-state index in [1.54, 1.807) is 0 Å². The second-order valence-electron chi connectivity index (χ2n) is 6.30. The molecule has 2 aliphatic carbocycles. The fourth-order valence-electron chi connectivity index (χ4n) is 3.51. The molecule has 1 saturated carbocycles. The average Bonchev–Trinajstić information content (AvgIpc) is 2.27. The zero-order valence-electron chi connectivity index (χ0n) is 11.1. The van der Waals surface area contributed by atoms with Gasteiger partial charge in [0.05, 0.1) is 6.10 Å². The molecule has 1 nitrogen and oxygen atoms in total. The van der Waals surface area contributed by atoms with Gasteiger partial charge in [-0.1, -0.05) is 48.0 Å². The van der Waals surface area contributed by atoms with Gasteiger partial charge in [0.15, 0.2) is 0 Å². The summed E-state index contributed by atoms with van der Waals surface area (Å²) in [4.78, 5) is 0.363. The first kappa shape index (κ1) is 13.4. The molecule has 0 amide bonds. The molecule has 0 aliphatic heterocycles. The van der Waals surface area contributed by atoms with Crippen molar-refractivity contribution in [1.82, 2.24) is 0 Å². The van der Waals surface area contributed by atoms with Crippen molar-refractivity contribution in [3.8, 4) is 0 Å². The van der Waals surface area contributed by atoms with Crippen molar-refractivity contribution in [1.29, 1.82) is 0 Å². The van der Waals surface area contributed by atoms with Gasteiger partial charge in [-0.3, -0.25) is 0 Å². The Morgan fingerprint density at radius 2 is 2.12 bits per heavy atom. The van der Waals surface area contributed by atoms with Crippen molar-refractivity contribution in [3.63, 3.8) is 0 Å². The molecule has 2 rings (SSSR count). The van der Waals surface area contributed by atoms with Gasteiger partial charge in [-0.15, -0.1) is 0 Å². The molecule has 1 fully saturated rings. The normalized spacial score (nSPS) is 41.5. The molecule has 2 heteroatoms. The first-order valence-corrected chi connectivity index (χ1v) is 7.40. The largest absolute Gasteiger partial charge is 0.389 e. The lowest BCUT2D eigenvalue weighted by Gasteiger charge is -2.57. The molecule has 0 aromatic heterocycles. The number of alkyl halides is 1. The third-order valence-electron chi connectivity index (χ3n) is 5.21. The molecule has 0 bridgehead atoms. The van der Waals surface area contributed by atoms with E-state index in [4.69, 9.17) is 0 Å². The van der Waals surface area contributed by atoms with E-state index in [1.165, 1.54) is 5.57 Å². The van der Waals surface area contributed by atoms with Gasteiger partial charge >= 0.3 is 0 Å². The monoisotopic (exact) mass is 298 g/mol. The molecule has 1 spiro atoms. The minimum absolute atomic E-state index is 0.0678. The van der Waals surface area contributed by atoms with Crippen LogP contribution in [0.5, 0.6) is 0 Å². The van der Waals surface area contributed by atoms with Gasteiger partial charge < -0.3 is 5.11 Å². The summed E-state index contributed by atoms with van der Waals surface area (Å²) in [6.45, 7) is 11.1. The van der Waals surface area contributed by atoms with Crippen molar-refractivity contribution in [3.05, 3.63) is 23.8 Å². The fourth-order valence-corrected chi connectivity index (χ4v) is 4.30. The fraction of sp³-hybridized carbons (Fsp3) is 0.733.